The number of hydrogen-bond donors (Lipinski definition) is 0. The molecule has 0 N–H and O–H groups in total. The molecule has 2 aromatic rings. The maximum absolute atomic E-state index is 12.9. The highest BCUT2D eigenvalue weighted by molar-refractivity contribution is 5.95. The Balaban J connectivity index is 2.21. The van der Waals surface area contributed by atoms with Gasteiger partial charge >= 0.3 is 5.97 Å². The minimum atomic E-state index is -1.07. The summed E-state index contributed by atoms with van der Waals surface area (Å²) < 4.78 is 12.2. The molecular formula is C18H17NO5. The number of esters is 1. The van der Waals surface area contributed by atoms with Gasteiger partial charge in [-0.2, -0.15) is 0 Å². The first-order valence-corrected chi connectivity index (χ1v) is 7.52. The van der Waals surface area contributed by atoms with Gasteiger partial charge in [0.15, 0.2) is 5.60 Å². The van der Waals surface area contributed by atoms with Crippen molar-refractivity contribution in [2.24, 2.45) is 0 Å². The van der Waals surface area contributed by atoms with Crippen LogP contribution < -0.4 is 15.0 Å². The number of ketones is 1. The van der Waals surface area contributed by atoms with E-state index in [1.165, 1.54) is 17.6 Å². The normalized spacial score (nSPS) is 18.5. The van der Waals surface area contributed by atoms with Gasteiger partial charge < -0.3 is 14.0 Å². The van der Waals surface area contributed by atoms with Gasteiger partial charge in [-0.3, -0.25) is 14.4 Å². The van der Waals surface area contributed by atoms with Gasteiger partial charge in [0.2, 0.25) is 5.78 Å². The fourth-order valence-electron chi connectivity index (χ4n) is 2.79. The van der Waals surface area contributed by atoms with Gasteiger partial charge in [-0.05, 0) is 38.1 Å². The molecule has 24 heavy (non-hydrogen) atoms. The summed E-state index contributed by atoms with van der Waals surface area (Å²) in [5.41, 5.74) is -0.876. The summed E-state index contributed by atoms with van der Waals surface area (Å²) in [5.74, 6) is 0.0672. The zero-order valence-electron chi connectivity index (χ0n) is 13.6. The van der Waals surface area contributed by atoms with Gasteiger partial charge in [0, 0.05) is 24.8 Å². The molecule has 1 aromatic heterocycles. The summed E-state index contributed by atoms with van der Waals surface area (Å²) in [5, 5.41) is 0. The van der Waals surface area contributed by atoms with Crippen LogP contribution in [0.1, 0.15) is 32.4 Å². The molecule has 6 heteroatoms. The molecule has 1 atom stereocenters. The molecule has 0 spiro atoms. The van der Waals surface area contributed by atoms with Crippen LogP contribution in [-0.2, 0) is 9.59 Å². The molecule has 6 nitrogen and oxygen atoms in total. The maximum Gasteiger partial charge on any atom is 0.308 e. The third-order valence-corrected chi connectivity index (χ3v) is 3.87. The zero-order valence-corrected chi connectivity index (χ0v) is 13.6. The van der Waals surface area contributed by atoms with Crippen molar-refractivity contribution in [3.63, 3.8) is 0 Å². The number of benzene rings is 1. The molecule has 124 valence electrons. The first-order chi connectivity index (χ1) is 11.3. The molecule has 0 fully saturated rings. The average Bonchev–Trinajstić information content (AvgIpc) is 2.50. The Morgan fingerprint density at radius 2 is 1.96 bits per heavy atom. The topological polar surface area (TPSA) is 74.6 Å². The van der Waals surface area contributed by atoms with Crippen LogP contribution in [0.5, 0.6) is 11.5 Å². The molecule has 3 rings (SSSR count). The van der Waals surface area contributed by atoms with Crippen LogP contribution in [0.2, 0.25) is 0 Å². The van der Waals surface area contributed by atoms with Gasteiger partial charge in [0.05, 0.1) is 0 Å². The molecule has 1 aromatic carbocycles. The van der Waals surface area contributed by atoms with Gasteiger partial charge in [-0.25, -0.2) is 0 Å². The predicted octanol–water partition coefficient (Wildman–Crippen LogP) is 2.10. The SMILES string of the molecule is CC(=O)Oc1ccc2c(c1)C(n1ccccc1=O)C(=O)C(C)(C)O2. The quantitative estimate of drug-likeness (QED) is 0.624. The van der Waals surface area contributed by atoms with Crippen molar-refractivity contribution in [1.29, 1.82) is 0 Å². The first-order valence-electron chi connectivity index (χ1n) is 7.52. The third-order valence-electron chi connectivity index (χ3n) is 3.87. The van der Waals surface area contributed by atoms with E-state index in [9.17, 15) is 14.4 Å². The Bertz CT molecular complexity index is 881. The van der Waals surface area contributed by atoms with Gasteiger partial charge in [0.1, 0.15) is 17.5 Å². The molecule has 2 heterocycles. The minimum Gasteiger partial charge on any atom is -0.480 e. The average molecular weight is 327 g/mol. The number of Topliss-reactive ketones (excluding diaryl/α,β-unsaturated/α-hetero) is 1. The van der Waals surface area contributed by atoms with Crippen molar-refractivity contribution in [1.82, 2.24) is 4.57 Å². The van der Waals surface area contributed by atoms with Gasteiger partial charge in [0.25, 0.3) is 5.56 Å². The van der Waals surface area contributed by atoms with Crippen molar-refractivity contribution in [2.75, 3.05) is 0 Å². The number of carbonyl (C=O) groups is 2. The smallest absolute Gasteiger partial charge is 0.308 e. The highest BCUT2D eigenvalue weighted by Crippen LogP contribution is 2.40. The van der Waals surface area contributed by atoms with Crippen molar-refractivity contribution in [2.45, 2.75) is 32.4 Å². The van der Waals surface area contributed by atoms with E-state index in [2.05, 4.69) is 0 Å². The third kappa shape index (κ3) is 2.71. The summed E-state index contributed by atoms with van der Waals surface area (Å²) in [6.45, 7) is 4.63. The summed E-state index contributed by atoms with van der Waals surface area (Å²) in [7, 11) is 0. The van der Waals surface area contributed by atoms with Crippen LogP contribution in [0, 0.1) is 0 Å². The van der Waals surface area contributed by atoms with E-state index in [-0.39, 0.29) is 11.3 Å². The van der Waals surface area contributed by atoms with E-state index in [1.807, 2.05) is 0 Å². The summed E-state index contributed by atoms with van der Waals surface area (Å²) >= 11 is 0. The van der Waals surface area contributed by atoms with Crippen LogP contribution in [0.4, 0.5) is 0 Å². The second-order valence-electron chi connectivity index (χ2n) is 6.12. The number of carbonyl (C=O) groups excluding carboxylic acids is 2. The summed E-state index contributed by atoms with van der Waals surface area (Å²) in [4.78, 5) is 36.3. The second kappa shape index (κ2) is 5.63. The summed E-state index contributed by atoms with van der Waals surface area (Å²) in [6.07, 6.45) is 1.56. The van der Waals surface area contributed by atoms with Crippen molar-refractivity contribution < 1.29 is 19.1 Å². The van der Waals surface area contributed by atoms with E-state index in [4.69, 9.17) is 9.47 Å². The molecule has 0 radical (unpaired) electrons. The number of fused-ring (bicyclic) bond motifs is 1. The van der Waals surface area contributed by atoms with Crippen LogP contribution in [0.25, 0.3) is 0 Å². The lowest BCUT2D eigenvalue weighted by atomic mass is 9.87. The minimum absolute atomic E-state index is 0.247. The highest BCUT2D eigenvalue weighted by atomic mass is 16.5. The molecule has 0 bridgehead atoms. The molecule has 0 aliphatic carbocycles. The molecule has 0 saturated carbocycles. The Morgan fingerprint density at radius 1 is 1.21 bits per heavy atom. The maximum atomic E-state index is 12.9. The number of hydrogen-bond acceptors (Lipinski definition) is 5. The fourth-order valence-corrected chi connectivity index (χ4v) is 2.79. The van der Waals surface area contributed by atoms with Crippen LogP contribution in [0.15, 0.2) is 47.4 Å². The van der Waals surface area contributed by atoms with E-state index >= 15 is 0 Å². The lowest BCUT2D eigenvalue weighted by molar-refractivity contribution is -0.136. The monoisotopic (exact) mass is 327 g/mol. The largest absolute Gasteiger partial charge is 0.480 e. The predicted molar refractivity (Wildman–Crippen MR) is 86.3 cm³/mol. The zero-order chi connectivity index (χ0) is 17.5. The number of ether oxygens (including phenoxy) is 2. The first kappa shape index (κ1) is 16.0. The number of nitrogens with zero attached hydrogens (tertiary/aromatic N) is 1. The van der Waals surface area contributed by atoms with E-state index in [0.717, 1.165) is 0 Å². The summed E-state index contributed by atoms with van der Waals surface area (Å²) in [6, 6.07) is 8.66. The van der Waals surface area contributed by atoms with Crippen molar-refractivity contribution in [3.8, 4) is 11.5 Å². The Labute approximate surface area is 138 Å². The number of aromatic nitrogens is 1. The van der Waals surface area contributed by atoms with Crippen LogP contribution >= 0.6 is 0 Å². The number of rotatable bonds is 2. The van der Waals surface area contributed by atoms with E-state index in [1.54, 1.807) is 50.4 Å². The second-order valence-corrected chi connectivity index (χ2v) is 6.12. The Morgan fingerprint density at radius 3 is 2.62 bits per heavy atom. The van der Waals surface area contributed by atoms with Crippen molar-refractivity contribution >= 4 is 11.8 Å². The lowest BCUT2D eigenvalue weighted by Gasteiger charge is -2.36. The lowest BCUT2D eigenvalue weighted by Crippen LogP contribution is -2.48. The molecule has 1 unspecified atom stereocenters. The van der Waals surface area contributed by atoms with Crippen LogP contribution in [-0.4, -0.2) is 21.9 Å². The van der Waals surface area contributed by atoms with Gasteiger partial charge in [-0.1, -0.05) is 6.07 Å². The molecule has 0 saturated heterocycles. The Hall–Kier alpha value is -2.89. The molecular weight excluding hydrogens is 310 g/mol. The van der Waals surface area contributed by atoms with Crippen molar-refractivity contribution in [3.05, 3.63) is 58.5 Å². The van der Waals surface area contributed by atoms with Crippen LogP contribution in [0.3, 0.4) is 0 Å². The van der Waals surface area contributed by atoms with E-state index < -0.39 is 17.6 Å². The fraction of sp³-hybridized carbons (Fsp3) is 0.278. The molecule has 1 aliphatic heterocycles. The Kier molecular flexibility index (Phi) is 3.75. The number of pyridine rings is 1. The van der Waals surface area contributed by atoms with Gasteiger partial charge in [-0.15, -0.1) is 0 Å². The van der Waals surface area contributed by atoms with E-state index in [0.29, 0.717) is 17.1 Å². The molecule has 1 aliphatic rings. The standard InChI is InChI=1S/C18H17NO5/c1-11(20)23-12-7-8-14-13(10-12)16(17(22)18(2,3)24-14)19-9-5-4-6-15(19)21/h4-10,16H,1-3H3. The molecule has 0 amide bonds. The highest BCUT2D eigenvalue weighted by Gasteiger charge is 2.43.